The average molecular weight is 481 g/mol. The van der Waals surface area contributed by atoms with Crippen LogP contribution >= 0.6 is 0 Å². The Hall–Kier alpha value is -3.72. The van der Waals surface area contributed by atoms with Crippen molar-refractivity contribution >= 4 is 29.4 Å². The Kier molecular flexibility index (Phi) is 7.45. The number of amides is 3. The largest absolute Gasteiger partial charge is 0.497 e. The molecule has 2 aromatic carbocycles. The molecule has 0 N–H and O–H groups in total. The number of carbonyl (C=O) groups is 4. The Bertz CT molecular complexity index is 1110. The molecule has 0 saturated carbocycles. The second kappa shape index (κ2) is 10.7. The molecule has 4 rings (SSSR count). The van der Waals surface area contributed by atoms with Crippen LogP contribution in [-0.2, 0) is 19.1 Å². The van der Waals surface area contributed by atoms with E-state index in [0.717, 1.165) is 17.7 Å². The molecule has 2 aliphatic heterocycles. The van der Waals surface area contributed by atoms with E-state index in [1.807, 2.05) is 0 Å². The van der Waals surface area contributed by atoms with E-state index < -0.39 is 23.8 Å². The van der Waals surface area contributed by atoms with Gasteiger partial charge in [-0.05, 0) is 62.2 Å². The third kappa shape index (κ3) is 5.19. The van der Waals surface area contributed by atoms with Crippen molar-refractivity contribution in [3.63, 3.8) is 0 Å². The Morgan fingerprint density at radius 3 is 2.54 bits per heavy atom. The molecule has 2 aliphatic rings. The molecule has 2 unspecified atom stereocenters. The van der Waals surface area contributed by atoms with Gasteiger partial charge in [-0.1, -0.05) is 6.07 Å². The summed E-state index contributed by atoms with van der Waals surface area (Å²) < 4.78 is 16.0. The number of hydrogen-bond acceptors (Lipinski definition) is 7. The molecule has 184 valence electrons. The average Bonchev–Trinajstić information content (AvgIpc) is 3.49. The van der Waals surface area contributed by atoms with E-state index in [1.54, 1.807) is 31.2 Å². The van der Waals surface area contributed by atoms with Crippen LogP contribution < -0.4 is 9.64 Å². The molecule has 0 aliphatic carbocycles. The summed E-state index contributed by atoms with van der Waals surface area (Å²) in [6.45, 7) is 2.76. The van der Waals surface area contributed by atoms with E-state index in [0.29, 0.717) is 29.2 Å². The molecule has 0 aromatic heterocycles. The lowest BCUT2D eigenvalue weighted by atomic mass is 10.1. The summed E-state index contributed by atoms with van der Waals surface area (Å²) in [4.78, 5) is 54.4. The van der Waals surface area contributed by atoms with Crippen molar-refractivity contribution in [2.24, 2.45) is 0 Å². The van der Waals surface area contributed by atoms with Gasteiger partial charge in [-0.3, -0.25) is 14.4 Å². The highest BCUT2D eigenvalue weighted by atomic mass is 16.5. The van der Waals surface area contributed by atoms with Crippen molar-refractivity contribution < 1.29 is 33.4 Å². The lowest BCUT2D eigenvalue weighted by molar-refractivity contribution is -0.122. The van der Waals surface area contributed by atoms with Gasteiger partial charge in [0.2, 0.25) is 5.91 Å². The summed E-state index contributed by atoms with van der Waals surface area (Å²) in [5.74, 6) is -1.24. The molecule has 2 atom stereocenters. The molecule has 9 nitrogen and oxygen atoms in total. The van der Waals surface area contributed by atoms with Gasteiger partial charge in [0, 0.05) is 18.7 Å². The highest BCUT2D eigenvalue weighted by Crippen LogP contribution is 2.29. The van der Waals surface area contributed by atoms with E-state index in [4.69, 9.17) is 14.2 Å². The van der Waals surface area contributed by atoms with Crippen molar-refractivity contribution in [2.45, 2.75) is 38.3 Å². The minimum Gasteiger partial charge on any atom is -0.497 e. The Morgan fingerprint density at radius 1 is 1.11 bits per heavy atom. The third-order valence-electron chi connectivity index (χ3n) is 6.14. The molecular weight excluding hydrogens is 452 g/mol. The monoisotopic (exact) mass is 480 g/mol. The van der Waals surface area contributed by atoms with Crippen LogP contribution in [0.5, 0.6) is 5.75 Å². The maximum atomic E-state index is 13.5. The number of esters is 1. The molecule has 35 heavy (non-hydrogen) atoms. The first-order chi connectivity index (χ1) is 16.9. The molecule has 2 aromatic rings. The zero-order chi connectivity index (χ0) is 24.9. The maximum absolute atomic E-state index is 13.5. The van der Waals surface area contributed by atoms with E-state index in [1.165, 1.54) is 36.3 Å². The maximum Gasteiger partial charge on any atom is 0.338 e. The summed E-state index contributed by atoms with van der Waals surface area (Å²) in [6.07, 6.45) is 1.31. The minimum atomic E-state index is -0.963. The van der Waals surface area contributed by atoms with Crippen molar-refractivity contribution in [3.8, 4) is 5.75 Å². The van der Waals surface area contributed by atoms with E-state index >= 15 is 0 Å². The topological polar surface area (TPSA) is 102 Å². The first kappa shape index (κ1) is 24.4. The van der Waals surface area contributed by atoms with Crippen LogP contribution in [0, 0.1) is 0 Å². The molecule has 2 saturated heterocycles. The molecule has 2 heterocycles. The number of carbonyl (C=O) groups excluding carboxylic acids is 4. The second-order valence-corrected chi connectivity index (χ2v) is 8.38. The number of nitrogens with zero attached hydrogens (tertiary/aromatic N) is 2. The highest BCUT2D eigenvalue weighted by molar-refractivity contribution is 6.23. The van der Waals surface area contributed by atoms with Gasteiger partial charge in [0.1, 0.15) is 11.8 Å². The van der Waals surface area contributed by atoms with Crippen molar-refractivity contribution in [1.29, 1.82) is 0 Å². The minimum absolute atomic E-state index is 0.138. The lowest BCUT2D eigenvalue weighted by Crippen LogP contribution is -2.48. The number of imide groups is 1. The smallest absolute Gasteiger partial charge is 0.338 e. The van der Waals surface area contributed by atoms with Crippen LogP contribution in [-0.4, -0.2) is 67.6 Å². The van der Waals surface area contributed by atoms with E-state index in [-0.39, 0.29) is 31.6 Å². The van der Waals surface area contributed by atoms with Crippen LogP contribution in [0.2, 0.25) is 0 Å². The van der Waals surface area contributed by atoms with Gasteiger partial charge in [0.05, 0.1) is 37.5 Å². The zero-order valence-corrected chi connectivity index (χ0v) is 19.8. The molecule has 3 amide bonds. The summed E-state index contributed by atoms with van der Waals surface area (Å²) in [6, 6.07) is 11.8. The lowest BCUT2D eigenvalue weighted by Gasteiger charge is -2.30. The fourth-order valence-corrected chi connectivity index (χ4v) is 4.37. The fraction of sp³-hybridized carbons (Fsp3) is 0.385. The van der Waals surface area contributed by atoms with Crippen LogP contribution in [0.3, 0.4) is 0 Å². The summed E-state index contributed by atoms with van der Waals surface area (Å²) in [7, 11) is 1.51. The predicted octanol–water partition coefficient (Wildman–Crippen LogP) is 2.83. The van der Waals surface area contributed by atoms with Gasteiger partial charge in [-0.25, -0.2) is 9.69 Å². The first-order valence-corrected chi connectivity index (χ1v) is 11.6. The standard InChI is InChI=1S/C26H28N2O7/c1-3-34-26(32)17-9-11-19(12-10-17)28-23(29)15-22(25(28)31)27(16-21-8-5-13-35-21)24(30)18-6-4-7-20(14-18)33-2/h4,6-7,9-12,14,21-22H,3,5,8,13,15-16H2,1-2H3. The SMILES string of the molecule is CCOC(=O)c1ccc(N2C(=O)CC(N(CC3CCCO3)C(=O)c3cccc(OC)c3)C2=O)cc1. The van der Waals surface area contributed by atoms with E-state index in [9.17, 15) is 19.2 Å². The normalized spacial score (nSPS) is 19.7. The van der Waals surface area contributed by atoms with Gasteiger partial charge in [0.15, 0.2) is 0 Å². The van der Waals surface area contributed by atoms with E-state index in [2.05, 4.69) is 0 Å². The van der Waals surface area contributed by atoms with Gasteiger partial charge in [-0.2, -0.15) is 0 Å². The van der Waals surface area contributed by atoms with Gasteiger partial charge in [0.25, 0.3) is 11.8 Å². The van der Waals surface area contributed by atoms with Crippen molar-refractivity contribution in [2.75, 3.05) is 31.8 Å². The number of methoxy groups -OCH3 is 1. The Labute approximate surface area is 203 Å². The molecule has 9 heteroatoms. The number of ether oxygens (including phenoxy) is 3. The molecule has 0 bridgehead atoms. The molecular formula is C26H28N2O7. The molecule has 0 spiro atoms. The number of anilines is 1. The Morgan fingerprint density at radius 2 is 1.89 bits per heavy atom. The Balaban J connectivity index is 1.60. The quantitative estimate of drug-likeness (QED) is 0.423. The van der Waals surface area contributed by atoms with Crippen molar-refractivity contribution in [3.05, 3.63) is 59.7 Å². The predicted molar refractivity (Wildman–Crippen MR) is 126 cm³/mol. The highest BCUT2D eigenvalue weighted by Gasteiger charge is 2.45. The summed E-state index contributed by atoms with van der Waals surface area (Å²) >= 11 is 0. The van der Waals surface area contributed by atoms with Crippen molar-refractivity contribution in [1.82, 2.24) is 4.90 Å². The zero-order valence-electron chi connectivity index (χ0n) is 19.8. The van der Waals surface area contributed by atoms with Crippen LogP contribution in [0.15, 0.2) is 48.5 Å². The first-order valence-electron chi connectivity index (χ1n) is 11.6. The fourth-order valence-electron chi connectivity index (χ4n) is 4.37. The van der Waals surface area contributed by atoms with Crippen LogP contribution in [0.1, 0.15) is 46.9 Å². The van der Waals surface area contributed by atoms with Gasteiger partial charge < -0.3 is 19.1 Å². The second-order valence-electron chi connectivity index (χ2n) is 8.38. The van der Waals surface area contributed by atoms with Gasteiger partial charge in [-0.15, -0.1) is 0 Å². The molecule has 0 radical (unpaired) electrons. The van der Waals surface area contributed by atoms with Crippen LogP contribution in [0.25, 0.3) is 0 Å². The third-order valence-corrected chi connectivity index (χ3v) is 6.14. The van der Waals surface area contributed by atoms with Crippen LogP contribution in [0.4, 0.5) is 5.69 Å². The summed E-state index contributed by atoms with van der Waals surface area (Å²) in [5.41, 5.74) is 1.01. The molecule has 2 fully saturated rings. The number of benzene rings is 2. The number of rotatable bonds is 8. The van der Waals surface area contributed by atoms with Gasteiger partial charge >= 0.3 is 5.97 Å². The number of hydrogen-bond donors (Lipinski definition) is 0. The summed E-state index contributed by atoms with van der Waals surface area (Å²) in [5, 5.41) is 0.